The zero-order chi connectivity index (χ0) is 9.26. The van der Waals surface area contributed by atoms with Crippen LogP contribution in [0, 0.1) is 0 Å². The van der Waals surface area contributed by atoms with Gasteiger partial charge in [-0.3, -0.25) is 9.69 Å². The van der Waals surface area contributed by atoms with Crippen LogP contribution in [0.2, 0.25) is 0 Å². The van der Waals surface area contributed by atoms with Crippen LogP contribution in [0.15, 0.2) is 0 Å². The van der Waals surface area contributed by atoms with E-state index >= 15 is 0 Å². The van der Waals surface area contributed by atoms with E-state index in [0.29, 0.717) is 12.6 Å². The molecule has 82 valence electrons. The van der Waals surface area contributed by atoms with E-state index in [1.54, 1.807) is 0 Å². The van der Waals surface area contributed by atoms with Gasteiger partial charge in [-0.25, -0.2) is 0 Å². The Kier molecular flexibility index (Phi) is 4.16. The SMILES string of the molecule is Cl.O=C(O)C1CCCN1C1CCOC1. The molecule has 4 nitrogen and oxygen atoms in total. The molecule has 0 saturated carbocycles. The van der Waals surface area contributed by atoms with E-state index in [1.807, 2.05) is 0 Å². The molecule has 0 spiro atoms. The van der Waals surface area contributed by atoms with Gasteiger partial charge in [-0.05, 0) is 25.8 Å². The first kappa shape index (κ1) is 11.8. The van der Waals surface area contributed by atoms with Crippen molar-refractivity contribution in [2.75, 3.05) is 19.8 Å². The molecule has 0 radical (unpaired) electrons. The molecule has 2 fully saturated rings. The molecule has 0 aromatic carbocycles. The van der Waals surface area contributed by atoms with E-state index in [-0.39, 0.29) is 18.4 Å². The molecule has 2 saturated heterocycles. The molecule has 2 unspecified atom stereocenters. The maximum absolute atomic E-state index is 10.9. The van der Waals surface area contributed by atoms with Crippen molar-refractivity contribution in [2.45, 2.75) is 31.3 Å². The molecule has 0 amide bonds. The first-order valence-electron chi connectivity index (χ1n) is 4.85. The van der Waals surface area contributed by atoms with Crippen molar-refractivity contribution >= 4 is 18.4 Å². The lowest BCUT2D eigenvalue weighted by Crippen LogP contribution is -2.43. The Hall–Kier alpha value is -0.320. The van der Waals surface area contributed by atoms with Gasteiger partial charge >= 0.3 is 5.97 Å². The molecule has 2 aliphatic heterocycles. The van der Waals surface area contributed by atoms with Gasteiger partial charge in [0.1, 0.15) is 6.04 Å². The van der Waals surface area contributed by atoms with E-state index in [1.165, 1.54) is 0 Å². The van der Waals surface area contributed by atoms with E-state index in [9.17, 15) is 4.79 Å². The summed E-state index contributed by atoms with van der Waals surface area (Å²) in [5, 5.41) is 8.96. The second-order valence-corrected chi connectivity index (χ2v) is 3.75. The third kappa shape index (κ3) is 2.19. The number of hydrogen-bond donors (Lipinski definition) is 1. The number of likely N-dealkylation sites (tertiary alicyclic amines) is 1. The largest absolute Gasteiger partial charge is 0.480 e. The lowest BCUT2D eigenvalue weighted by Gasteiger charge is -2.26. The van der Waals surface area contributed by atoms with E-state index in [4.69, 9.17) is 9.84 Å². The highest BCUT2D eigenvalue weighted by atomic mass is 35.5. The fraction of sp³-hybridized carbons (Fsp3) is 0.889. The molecular weight excluding hydrogens is 206 g/mol. The summed E-state index contributed by atoms with van der Waals surface area (Å²) in [6.07, 6.45) is 2.79. The van der Waals surface area contributed by atoms with Crippen LogP contribution in [0.3, 0.4) is 0 Å². The van der Waals surface area contributed by atoms with Crippen LogP contribution in [0.25, 0.3) is 0 Å². The average Bonchev–Trinajstić information content (AvgIpc) is 2.74. The smallest absolute Gasteiger partial charge is 0.320 e. The molecule has 2 atom stereocenters. The van der Waals surface area contributed by atoms with Crippen LogP contribution in [-0.4, -0.2) is 47.8 Å². The highest BCUT2D eigenvalue weighted by Crippen LogP contribution is 2.24. The molecule has 0 aliphatic carbocycles. The second-order valence-electron chi connectivity index (χ2n) is 3.75. The Labute approximate surface area is 89.6 Å². The number of rotatable bonds is 2. The minimum atomic E-state index is -0.676. The number of ether oxygens (including phenoxy) is 1. The second kappa shape index (κ2) is 4.96. The van der Waals surface area contributed by atoms with Gasteiger partial charge in [-0.15, -0.1) is 12.4 Å². The van der Waals surface area contributed by atoms with Gasteiger partial charge in [0.2, 0.25) is 0 Å². The summed E-state index contributed by atoms with van der Waals surface area (Å²) in [4.78, 5) is 13.0. The summed E-state index contributed by atoms with van der Waals surface area (Å²) >= 11 is 0. The topological polar surface area (TPSA) is 49.8 Å². The highest BCUT2D eigenvalue weighted by Gasteiger charge is 2.36. The number of aliphatic carboxylic acids is 1. The van der Waals surface area contributed by atoms with Gasteiger partial charge in [0.25, 0.3) is 0 Å². The molecule has 0 aromatic heterocycles. The van der Waals surface area contributed by atoms with Gasteiger partial charge in [0.15, 0.2) is 0 Å². The minimum Gasteiger partial charge on any atom is -0.480 e. The Morgan fingerprint density at radius 1 is 1.43 bits per heavy atom. The van der Waals surface area contributed by atoms with Gasteiger partial charge in [0, 0.05) is 12.6 Å². The Morgan fingerprint density at radius 2 is 2.21 bits per heavy atom. The molecule has 0 bridgehead atoms. The summed E-state index contributed by atoms with van der Waals surface area (Å²) in [7, 11) is 0. The Bertz CT molecular complexity index is 206. The fourth-order valence-corrected chi connectivity index (χ4v) is 2.27. The quantitative estimate of drug-likeness (QED) is 0.748. The van der Waals surface area contributed by atoms with E-state index in [0.717, 1.165) is 32.4 Å². The predicted octanol–water partition coefficient (Wildman–Crippen LogP) is 0.746. The van der Waals surface area contributed by atoms with Crippen molar-refractivity contribution in [1.29, 1.82) is 0 Å². The summed E-state index contributed by atoms with van der Waals surface area (Å²) < 4.78 is 5.26. The Morgan fingerprint density at radius 3 is 2.79 bits per heavy atom. The van der Waals surface area contributed by atoms with Crippen LogP contribution < -0.4 is 0 Å². The zero-order valence-corrected chi connectivity index (χ0v) is 8.83. The number of halogens is 1. The lowest BCUT2D eigenvalue weighted by atomic mass is 10.1. The maximum atomic E-state index is 10.9. The number of carboxylic acid groups (broad SMARTS) is 1. The van der Waals surface area contributed by atoms with Crippen molar-refractivity contribution in [3.63, 3.8) is 0 Å². The monoisotopic (exact) mass is 221 g/mol. The standard InChI is InChI=1S/C9H15NO3.ClH/c11-9(12)8-2-1-4-10(8)7-3-5-13-6-7;/h7-8H,1-6H2,(H,11,12);1H. The van der Waals surface area contributed by atoms with Gasteiger partial charge in [0.05, 0.1) is 6.61 Å². The van der Waals surface area contributed by atoms with Gasteiger partial charge < -0.3 is 9.84 Å². The van der Waals surface area contributed by atoms with Crippen molar-refractivity contribution in [1.82, 2.24) is 4.90 Å². The molecular formula is C9H16ClNO3. The molecule has 0 aromatic rings. The minimum absolute atomic E-state index is 0. The molecule has 5 heteroatoms. The third-order valence-electron chi connectivity index (χ3n) is 2.95. The molecule has 2 heterocycles. The van der Waals surface area contributed by atoms with Gasteiger partial charge in [-0.1, -0.05) is 0 Å². The third-order valence-corrected chi connectivity index (χ3v) is 2.95. The molecule has 1 N–H and O–H groups in total. The summed E-state index contributed by atoms with van der Waals surface area (Å²) in [5.41, 5.74) is 0. The number of carbonyl (C=O) groups is 1. The normalized spacial score (nSPS) is 32.9. The summed E-state index contributed by atoms with van der Waals surface area (Å²) in [6.45, 7) is 2.42. The highest BCUT2D eigenvalue weighted by molar-refractivity contribution is 5.85. The number of nitrogens with zero attached hydrogens (tertiary/aromatic N) is 1. The van der Waals surface area contributed by atoms with Crippen molar-refractivity contribution in [3.8, 4) is 0 Å². The maximum Gasteiger partial charge on any atom is 0.320 e. The average molecular weight is 222 g/mol. The zero-order valence-electron chi connectivity index (χ0n) is 8.02. The number of hydrogen-bond acceptors (Lipinski definition) is 3. The summed E-state index contributed by atoms with van der Waals surface area (Å²) in [5.74, 6) is -0.676. The molecule has 2 aliphatic rings. The number of carboxylic acids is 1. The first-order valence-corrected chi connectivity index (χ1v) is 4.85. The fourth-order valence-electron chi connectivity index (χ4n) is 2.27. The first-order chi connectivity index (χ1) is 6.29. The predicted molar refractivity (Wildman–Crippen MR) is 53.8 cm³/mol. The lowest BCUT2D eigenvalue weighted by molar-refractivity contribution is -0.142. The Balaban J connectivity index is 0.000000980. The van der Waals surface area contributed by atoms with Crippen LogP contribution in [-0.2, 0) is 9.53 Å². The molecule has 2 rings (SSSR count). The van der Waals surface area contributed by atoms with Crippen LogP contribution >= 0.6 is 12.4 Å². The van der Waals surface area contributed by atoms with Gasteiger partial charge in [-0.2, -0.15) is 0 Å². The van der Waals surface area contributed by atoms with Crippen molar-refractivity contribution in [3.05, 3.63) is 0 Å². The van der Waals surface area contributed by atoms with Crippen LogP contribution in [0.1, 0.15) is 19.3 Å². The molecule has 14 heavy (non-hydrogen) atoms. The van der Waals surface area contributed by atoms with E-state index in [2.05, 4.69) is 4.90 Å². The van der Waals surface area contributed by atoms with E-state index < -0.39 is 5.97 Å². The van der Waals surface area contributed by atoms with Crippen LogP contribution in [0.5, 0.6) is 0 Å². The van der Waals surface area contributed by atoms with Crippen LogP contribution in [0.4, 0.5) is 0 Å². The van der Waals surface area contributed by atoms with Crippen molar-refractivity contribution in [2.24, 2.45) is 0 Å². The summed E-state index contributed by atoms with van der Waals surface area (Å²) in [6, 6.07) is 0.0929. The van der Waals surface area contributed by atoms with Crippen molar-refractivity contribution < 1.29 is 14.6 Å².